The van der Waals surface area contributed by atoms with Gasteiger partial charge in [0.25, 0.3) is 0 Å². The van der Waals surface area contributed by atoms with Crippen LogP contribution in [0.5, 0.6) is 11.5 Å². The van der Waals surface area contributed by atoms with Gasteiger partial charge in [-0.2, -0.15) is 0 Å². The number of esters is 1. The molecule has 1 rings (SSSR count). The first-order valence-electron chi connectivity index (χ1n) is 5.55. The number of aldehydes is 1. The first-order chi connectivity index (χ1) is 8.73. The lowest BCUT2D eigenvalue weighted by Crippen LogP contribution is -2.27. The highest BCUT2D eigenvalue weighted by atomic mass is 79.9. The zero-order valence-electron chi connectivity index (χ0n) is 10.9. The van der Waals surface area contributed by atoms with Gasteiger partial charge in [-0.1, -0.05) is 0 Å². The molecule has 0 fully saturated rings. The van der Waals surface area contributed by atoms with Crippen LogP contribution in [-0.2, 0) is 9.53 Å². The van der Waals surface area contributed by atoms with Crippen molar-refractivity contribution in [2.75, 3.05) is 6.61 Å². The number of aromatic hydroxyl groups is 1. The quantitative estimate of drug-likeness (QED) is 0.678. The molecule has 104 valence electrons. The lowest BCUT2D eigenvalue weighted by molar-refractivity contribution is -0.157. The van der Waals surface area contributed by atoms with Gasteiger partial charge < -0.3 is 14.6 Å². The van der Waals surface area contributed by atoms with Gasteiger partial charge in [-0.3, -0.25) is 4.79 Å². The monoisotopic (exact) mass is 330 g/mol. The Kier molecular flexibility index (Phi) is 4.94. The summed E-state index contributed by atoms with van der Waals surface area (Å²) in [4.78, 5) is 22.2. The van der Waals surface area contributed by atoms with Crippen molar-refractivity contribution >= 4 is 28.2 Å². The normalized spacial score (nSPS) is 10.9. The molecule has 0 saturated heterocycles. The summed E-state index contributed by atoms with van der Waals surface area (Å²) in [6.45, 7) is 4.94. The number of phenolic OH excluding ortho intramolecular Hbond substituents is 1. The summed E-state index contributed by atoms with van der Waals surface area (Å²) >= 11 is 3.11. The van der Waals surface area contributed by atoms with E-state index in [-0.39, 0.29) is 28.1 Å². The molecule has 0 aliphatic carbocycles. The van der Waals surface area contributed by atoms with Crippen LogP contribution in [0.4, 0.5) is 0 Å². The Morgan fingerprint density at radius 1 is 1.42 bits per heavy atom. The zero-order valence-corrected chi connectivity index (χ0v) is 12.5. The average Bonchev–Trinajstić information content (AvgIpc) is 2.28. The molecule has 0 aliphatic rings. The third kappa shape index (κ3) is 4.90. The molecule has 0 aliphatic heterocycles. The van der Waals surface area contributed by atoms with E-state index >= 15 is 0 Å². The molecule has 0 aromatic heterocycles. The van der Waals surface area contributed by atoms with Crippen LogP contribution < -0.4 is 4.74 Å². The lowest BCUT2D eigenvalue weighted by atomic mass is 10.2. The maximum atomic E-state index is 11.5. The van der Waals surface area contributed by atoms with E-state index in [2.05, 4.69) is 15.9 Å². The molecule has 1 N–H and O–H groups in total. The van der Waals surface area contributed by atoms with Gasteiger partial charge in [0.1, 0.15) is 27.9 Å². The summed E-state index contributed by atoms with van der Waals surface area (Å²) in [5.74, 6) is -0.466. The van der Waals surface area contributed by atoms with Gasteiger partial charge in [0.2, 0.25) is 0 Å². The van der Waals surface area contributed by atoms with E-state index in [1.807, 2.05) is 0 Å². The van der Waals surface area contributed by atoms with Crippen molar-refractivity contribution in [3.8, 4) is 11.5 Å². The maximum absolute atomic E-state index is 11.5. The number of phenols is 1. The molecule has 0 bridgehead atoms. The highest BCUT2D eigenvalue weighted by Gasteiger charge is 2.17. The molecule has 0 radical (unpaired) electrons. The van der Waals surface area contributed by atoms with E-state index in [1.54, 1.807) is 20.8 Å². The van der Waals surface area contributed by atoms with Crippen molar-refractivity contribution in [2.45, 2.75) is 26.4 Å². The van der Waals surface area contributed by atoms with Crippen molar-refractivity contribution in [3.05, 3.63) is 22.2 Å². The largest absolute Gasteiger partial charge is 0.507 e. The number of ether oxygens (including phenoxy) is 2. The van der Waals surface area contributed by atoms with Crippen molar-refractivity contribution in [2.24, 2.45) is 0 Å². The van der Waals surface area contributed by atoms with E-state index in [0.29, 0.717) is 6.29 Å². The van der Waals surface area contributed by atoms with E-state index < -0.39 is 11.6 Å². The summed E-state index contributed by atoms with van der Waals surface area (Å²) < 4.78 is 10.6. The summed E-state index contributed by atoms with van der Waals surface area (Å²) in [6.07, 6.45) is 0.576. The van der Waals surface area contributed by atoms with E-state index in [4.69, 9.17) is 9.47 Å². The fourth-order valence-corrected chi connectivity index (χ4v) is 1.63. The number of hydrogen-bond donors (Lipinski definition) is 1. The topological polar surface area (TPSA) is 72.8 Å². The molecule has 6 heteroatoms. The van der Waals surface area contributed by atoms with Crippen LogP contribution in [0.2, 0.25) is 0 Å². The number of carbonyl (C=O) groups is 2. The number of carbonyl (C=O) groups excluding carboxylic acids is 2. The second-order valence-corrected chi connectivity index (χ2v) is 5.64. The zero-order chi connectivity index (χ0) is 14.6. The standard InChI is InChI=1S/C13H15BrO5/c1-13(2,3)19-11(17)7-18-10-5-8(6-15)4-9(16)12(10)14/h4-6,16H,7H2,1-3H3. The predicted octanol–water partition coefficient (Wildman–Crippen LogP) is 2.69. The van der Waals surface area contributed by atoms with Crippen LogP contribution in [0.15, 0.2) is 16.6 Å². The molecule has 1 aromatic rings. The molecule has 0 atom stereocenters. The highest BCUT2D eigenvalue weighted by Crippen LogP contribution is 2.34. The summed E-state index contributed by atoms with van der Waals surface area (Å²) in [6, 6.07) is 2.71. The molecule has 0 amide bonds. The fraction of sp³-hybridized carbons (Fsp3) is 0.385. The van der Waals surface area contributed by atoms with Crippen LogP contribution in [-0.4, -0.2) is 29.6 Å². The second kappa shape index (κ2) is 6.06. The lowest BCUT2D eigenvalue weighted by Gasteiger charge is -2.19. The molecule has 19 heavy (non-hydrogen) atoms. The molecule has 5 nitrogen and oxygen atoms in total. The summed E-state index contributed by atoms with van der Waals surface area (Å²) in [7, 11) is 0. The van der Waals surface area contributed by atoms with Crippen molar-refractivity contribution in [1.29, 1.82) is 0 Å². The first-order valence-corrected chi connectivity index (χ1v) is 6.34. The number of benzene rings is 1. The SMILES string of the molecule is CC(C)(C)OC(=O)COc1cc(C=O)cc(O)c1Br. The van der Waals surface area contributed by atoms with Crippen LogP contribution in [0.1, 0.15) is 31.1 Å². The van der Waals surface area contributed by atoms with Crippen molar-refractivity contribution < 1.29 is 24.2 Å². The minimum atomic E-state index is -0.593. The van der Waals surface area contributed by atoms with E-state index in [0.717, 1.165) is 0 Å². The van der Waals surface area contributed by atoms with Crippen LogP contribution in [0.25, 0.3) is 0 Å². The fourth-order valence-electron chi connectivity index (χ4n) is 1.28. The Morgan fingerprint density at radius 3 is 2.58 bits per heavy atom. The Bertz CT molecular complexity index is 491. The second-order valence-electron chi connectivity index (χ2n) is 4.85. The van der Waals surface area contributed by atoms with E-state index in [1.165, 1.54) is 12.1 Å². The van der Waals surface area contributed by atoms with Gasteiger partial charge in [-0.25, -0.2) is 4.79 Å². The van der Waals surface area contributed by atoms with Gasteiger partial charge in [-0.15, -0.1) is 0 Å². The smallest absolute Gasteiger partial charge is 0.344 e. The van der Waals surface area contributed by atoms with Gasteiger partial charge in [0, 0.05) is 5.56 Å². The van der Waals surface area contributed by atoms with Gasteiger partial charge >= 0.3 is 5.97 Å². The molecular weight excluding hydrogens is 316 g/mol. The Morgan fingerprint density at radius 2 is 2.05 bits per heavy atom. The van der Waals surface area contributed by atoms with Gasteiger partial charge in [0.05, 0.1) is 0 Å². The first kappa shape index (κ1) is 15.5. The summed E-state index contributed by atoms with van der Waals surface area (Å²) in [5, 5.41) is 9.56. The minimum Gasteiger partial charge on any atom is -0.507 e. The molecule has 0 unspecified atom stereocenters. The van der Waals surface area contributed by atoms with Crippen LogP contribution in [0, 0.1) is 0 Å². The number of rotatable bonds is 4. The molecule has 0 spiro atoms. The minimum absolute atomic E-state index is 0.135. The third-order valence-electron chi connectivity index (χ3n) is 1.94. The third-order valence-corrected chi connectivity index (χ3v) is 2.74. The Labute approximate surface area is 119 Å². The van der Waals surface area contributed by atoms with Crippen molar-refractivity contribution in [1.82, 2.24) is 0 Å². The van der Waals surface area contributed by atoms with E-state index in [9.17, 15) is 14.7 Å². The molecular formula is C13H15BrO5. The number of hydrogen-bond acceptors (Lipinski definition) is 5. The van der Waals surface area contributed by atoms with Gasteiger partial charge in [-0.05, 0) is 48.8 Å². The molecule has 0 saturated carbocycles. The maximum Gasteiger partial charge on any atom is 0.344 e. The predicted molar refractivity (Wildman–Crippen MR) is 72.5 cm³/mol. The van der Waals surface area contributed by atoms with Gasteiger partial charge in [0.15, 0.2) is 6.61 Å². The molecule has 0 heterocycles. The Hall–Kier alpha value is -1.56. The molecule has 1 aromatic carbocycles. The van der Waals surface area contributed by atoms with Crippen LogP contribution in [0.3, 0.4) is 0 Å². The van der Waals surface area contributed by atoms with Crippen molar-refractivity contribution in [3.63, 3.8) is 0 Å². The highest BCUT2D eigenvalue weighted by molar-refractivity contribution is 9.10. The van der Waals surface area contributed by atoms with Crippen LogP contribution >= 0.6 is 15.9 Å². The number of halogens is 1. The average molecular weight is 331 g/mol. The summed E-state index contributed by atoms with van der Waals surface area (Å²) in [5.41, 5.74) is -0.343. The Balaban J connectivity index is 2.75.